The molecule has 1 aromatic carbocycles. The molecule has 70 valence electrons. The third kappa shape index (κ3) is 4.03. The molecular formula is C6H6KN2O4S+. The second kappa shape index (κ2) is 5.78. The Morgan fingerprint density at radius 3 is 2.14 bits per heavy atom. The molecule has 0 saturated heterocycles. The van der Waals surface area contributed by atoms with Crippen molar-refractivity contribution in [2.24, 2.45) is 0 Å². The number of hydrazine groups is 1. The van der Waals surface area contributed by atoms with Gasteiger partial charge in [0.25, 0.3) is 0 Å². The Hall–Kier alpha value is 0.00636. The van der Waals surface area contributed by atoms with Crippen molar-refractivity contribution in [1.29, 1.82) is 0 Å². The smallest absolute Gasteiger partial charge is 0.234 e. The molecule has 0 aliphatic rings. The van der Waals surface area contributed by atoms with E-state index in [0.717, 1.165) is 0 Å². The molecule has 6 nitrogen and oxygen atoms in total. The predicted octanol–water partition coefficient (Wildman–Crippen LogP) is -2.84. The summed E-state index contributed by atoms with van der Waals surface area (Å²) in [6, 6.07) is 7.12. The average molecular weight is 241 g/mol. The van der Waals surface area contributed by atoms with Crippen molar-refractivity contribution < 1.29 is 64.8 Å². The monoisotopic (exact) mass is 241 g/mol. The van der Waals surface area contributed by atoms with E-state index in [1.165, 1.54) is 29.1 Å². The Bertz CT molecular complexity index is 405. The first-order valence-electron chi connectivity index (χ1n) is 3.24. The van der Waals surface area contributed by atoms with Crippen LogP contribution < -0.4 is 56.2 Å². The molecule has 0 spiro atoms. The molecule has 0 fully saturated rings. The van der Waals surface area contributed by atoms with Crippen molar-refractivity contribution in [1.82, 2.24) is 4.83 Å². The summed E-state index contributed by atoms with van der Waals surface area (Å²) in [7, 11) is -4.01. The summed E-state index contributed by atoms with van der Waals surface area (Å²) in [5.41, 5.74) is 0. The molecule has 0 aromatic heterocycles. The number of hydrogen-bond donors (Lipinski definition) is 1. The fourth-order valence-corrected chi connectivity index (χ4v) is 1.57. The Morgan fingerprint density at radius 2 is 1.71 bits per heavy atom. The molecule has 0 bridgehead atoms. The zero-order valence-corrected chi connectivity index (χ0v) is 11.3. The average Bonchev–Trinajstić information content (AvgIpc) is 2.04. The maximum atomic E-state index is 11.1. The fraction of sp³-hybridized carbons (Fsp3) is 0. The molecule has 1 rings (SSSR count). The fourth-order valence-electron chi connectivity index (χ4n) is 0.750. The van der Waals surface area contributed by atoms with Gasteiger partial charge < -0.3 is 0 Å². The number of nitrogens with zero attached hydrogens (tertiary/aromatic N) is 1. The second-order valence-electron chi connectivity index (χ2n) is 2.16. The quantitative estimate of drug-likeness (QED) is 0.351. The molecule has 0 unspecified atom stereocenters. The van der Waals surface area contributed by atoms with Crippen LogP contribution in [0.3, 0.4) is 0 Å². The van der Waals surface area contributed by atoms with Gasteiger partial charge >= 0.3 is 61.4 Å². The first-order valence-corrected chi connectivity index (χ1v) is 4.72. The molecule has 14 heavy (non-hydrogen) atoms. The predicted molar refractivity (Wildman–Crippen MR) is 43.8 cm³/mol. The maximum absolute atomic E-state index is 11.1. The zero-order chi connectivity index (χ0) is 9.90. The van der Waals surface area contributed by atoms with Gasteiger partial charge in [0.1, 0.15) is 0 Å². The Labute approximate surface area is 123 Å². The standard InChI is InChI=1S/C6H6N2O4S.K/c9-8(10)7-13(11,12)6-4-2-1-3-5-6;/h1-5,7H;/q;+1. The van der Waals surface area contributed by atoms with Gasteiger partial charge in [0.2, 0.25) is 0 Å². The number of sulfonamides is 1. The van der Waals surface area contributed by atoms with Gasteiger partial charge in [-0.1, -0.05) is 18.2 Å². The minimum Gasteiger partial charge on any atom is -0.234 e. The van der Waals surface area contributed by atoms with Gasteiger partial charge in [0, 0.05) is 0 Å². The van der Waals surface area contributed by atoms with Crippen molar-refractivity contribution in [2.45, 2.75) is 4.90 Å². The van der Waals surface area contributed by atoms with Gasteiger partial charge in [-0.15, -0.1) is 0 Å². The molecule has 1 aromatic rings. The Morgan fingerprint density at radius 1 is 1.21 bits per heavy atom. The van der Waals surface area contributed by atoms with E-state index < -0.39 is 15.1 Å². The van der Waals surface area contributed by atoms with Crippen LogP contribution in [0.5, 0.6) is 0 Å². The zero-order valence-electron chi connectivity index (χ0n) is 7.38. The minimum absolute atomic E-state index is 0. The minimum atomic E-state index is -4.01. The topological polar surface area (TPSA) is 89.3 Å². The Kier molecular flexibility index (Phi) is 5.79. The molecule has 0 aliphatic carbocycles. The van der Waals surface area contributed by atoms with Crippen molar-refractivity contribution in [2.75, 3.05) is 0 Å². The summed E-state index contributed by atoms with van der Waals surface area (Å²) in [5, 5.41) is 8.79. The van der Waals surface area contributed by atoms with Crippen molar-refractivity contribution >= 4 is 10.0 Å². The van der Waals surface area contributed by atoms with Crippen LogP contribution in [0.15, 0.2) is 35.2 Å². The van der Waals surface area contributed by atoms with Crippen LogP contribution in [0.1, 0.15) is 0 Å². The third-order valence-electron chi connectivity index (χ3n) is 1.25. The van der Waals surface area contributed by atoms with E-state index in [1.807, 2.05) is 0 Å². The van der Waals surface area contributed by atoms with E-state index in [4.69, 9.17) is 0 Å². The molecule has 0 radical (unpaired) electrons. The summed E-state index contributed by atoms with van der Waals surface area (Å²) in [6.07, 6.45) is 0. The van der Waals surface area contributed by atoms with Crippen molar-refractivity contribution in [3.63, 3.8) is 0 Å². The van der Waals surface area contributed by atoms with E-state index in [-0.39, 0.29) is 56.3 Å². The first kappa shape index (κ1) is 14.0. The summed E-state index contributed by atoms with van der Waals surface area (Å²) >= 11 is 0. The summed E-state index contributed by atoms with van der Waals surface area (Å²) < 4.78 is 22.2. The SMILES string of the molecule is O=[N+]([O-])NS(=O)(=O)c1ccccc1.[K+]. The van der Waals surface area contributed by atoms with Gasteiger partial charge in [0.15, 0.2) is 5.03 Å². The van der Waals surface area contributed by atoms with E-state index in [1.54, 1.807) is 6.07 Å². The van der Waals surface area contributed by atoms with Crippen LogP contribution in [-0.2, 0) is 10.0 Å². The maximum Gasteiger partial charge on any atom is 1.00 e. The molecule has 0 heterocycles. The second-order valence-corrected chi connectivity index (χ2v) is 3.83. The van der Waals surface area contributed by atoms with E-state index >= 15 is 0 Å². The number of benzene rings is 1. The van der Waals surface area contributed by atoms with E-state index in [2.05, 4.69) is 0 Å². The number of nitrogens with one attached hydrogen (secondary N) is 1. The molecule has 8 heteroatoms. The van der Waals surface area contributed by atoms with E-state index in [9.17, 15) is 18.5 Å². The van der Waals surface area contributed by atoms with Crippen molar-refractivity contribution in [3.8, 4) is 0 Å². The molecule has 1 N–H and O–H groups in total. The first-order chi connectivity index (χ1) is 6.02. The molecular weight excluding hydrogens is 235 g/mol. The third-order valence-corrected chi connectivity index (χ3v) is 2.53. The Balaban J connectivity index is 0.00000169. The van der Waals surface area contributed by atoms with E-state index in [0.29, 0.717) is 0 Å². The largest absolute Gasteiger partial charge is 1.00 e. The molecule has 0 saturated carbocycles. The van der Waals surface area contributed by atoms with Gasteiger partial charge in [0.05, 0.1) is 4.90 Å². The van der Waals surface area contributed by atoms with Crippen LogP contribution in [0.4, 0.5) is 0 Å². The molecule has 0 atom stereocenters. The van der Waals surface area contributed by atoms with Gasteiger partial charge in [-0.25, -0.2) is 10.1 Å². The van der Waals surface area contributed by atoms with Crippen LogP contribution >= 0.6 is 0 Å². The van der Waals surface area contributed by atoms with Gasteiger partial charge in [-0.3, -0.25) is 0 Å². The summed E-state index contributed by atoms with van der Waals surface area (Å²) in [5.74, 6) is 0. The summed E-state index contributed by atoms with van der Waals surface area (Å²) in [6.45, 7) is 0. The number of hydrogen-bond acceptors (Lipinski definition) is 4. The van der Waals surface area contributed by atoms with Crippen LogP contribution in [0.2, 0.25) is 0 Å². The van der Waals surface area contributed by atoms with Crippen LogP contribution in [0.25, 0.3) is 0 Å². The number of nitro groups is 1. The summed E-state index contributed by atoms with van der Waals surface area (Å²) in [4.78, 5) is 11.0. The van der Waals surface area contributed by atoms with Crippen LogP contribution in [-0.4, -0.2) is 13.5 Å². The van der Waals surface area contributed by atoms with Crippen LogP contribution in [0, 0.1) is 10.1 Å². The molecule has 0 aliphatic heterocycles. The van der Waals surface area contributed by atoms with Gasteiger partial charge in [-0.2, -0.15) is 8.42 Å². The normalized spacial score (nSPS) is 10.0. The molecule has 0 amide bonds. The van der Waals surface area contributed by atoms with Gasteiger partial charge in [-0.05, 0) is 17.0 Å². The number of rotatable bonds is 3. The van der Waals surface area contributed by atoms with Crippen molar-refractivity contribution in [3.05, 3.63) is 40.4 Å².